The lowest BCUT2D eigenvalue weighted by molar-refractivity contribution is -0.376. The van der Waals surface area contributed by atoms with E-state index in [1.54, 1.807) is 0 Å². The average Bonchev–Trinajstić information content (AvgIpc) is 3.25. The van der Waals surface area contributed by atoms with Crippen molar-refractivity contribution in [3.63, 3.8) is 0 Å². The normalized spacial score (nSPS) is 16.1. The van der Waals surface area contributed by atoms with Gasteiger partial charge >= 0.3 is 12.4 Å². The number of carbonyl (C=O) groups is 2. The second-order valence-electron chi connectivity index (χ2n) is 8.80. The molecule has 1 unspecified atom stereocenters. The van der Waals surface area contributed by atoms with Crippen LogP contribution in [0.2, 0.25) is 0 Å². The highest BCUT2D eigenvalue weighted by Gasteiger charge is 2.71. The van der Waals surface area contributed by atoms with E-state index in [-0.39, 0.29) is 35.1 Å². The molecular formula is C24H24F6N2O7S. The van der Waals surface area contributed by atoms with Gasteiger partial charge in [-0.3, -0.25) is 9.59 Å². The average molecular weight is 599 g/mol. The van der Waals surface area contributed by atoms with Gasteiger partial charge in [-0.1, -0.05) is 18.2 Å². The van der Waals surface area contributed by atoms with E-state index in [0.29, 0.717) is 17.7 Å². The van der Waals surface area contributed by atoms with Crippen molar-refractivity contribution >= 4 is 27.3 Å². The summed E-state index contributed by atoms with van der Waals surface area (Å²) in [5.74, 6) is -1.84. The second-order valence-corrected chi connectivity index (χ2v) is 10.9. The first kappa shape index (κ1) is 31.3. The Morgan fingerprint density at radius 3 is 2.12 bits per heavy atom. The van der Waals surface area contributed by atoms with Crippen LogP contribution in [0.15, 0.2) is 47.4 Å². The van der Waals surface area contributed by atoms with E-state index in [9.17, 15) is 49.5 Å². The van der Waals surface area contributed by atoms with Gasteiger partial charge in [0.25, 0.3) is 11.5 Å². The minimum Gasteiger partial charge on any atom is -0.384 e. The molecule has 0 saturated heterocycles. The van der Waals surface area contributed by atoms with Crippen LogP contribution in [0, 0.1) is 0 Å². The standard InChI is InChI=1S/C24H24F6N2O7S/c1-38-9-10-40(36,37)17-7-8-18-14(11-17)12-32(19(33)13-39-2)20(18)21(34)31-16-5-3-15(4-6-16)22(35,23(25,26)27)24(28,29)30/h3-8,11,20,35H,9-10,12-13H2,1-2H3,(H,31,34). The van der Waals surface area contributed by atoms with Gasteiger partial charge in [-0.15, -0.1) is 0 Å². The highest BCUT2D eigenvalue weighted by Crippen LogP contribution is 2.50. The third-order valence-corrected chi connectivity index (χ3v) is 7.88. The molecule has 0 bridgehead atoms. The zero-order valence-electron chi connectivity index (χ0n) is 21.0. The lowest BCUT2D eigenvalue weighted by Gasteiger charge is -2.32. The molecule has 2 aromatic rings. The molecule has 2 aromatic carbocycles. The van der Waals surface area contributed by atoms with Gasteiger partial charge in [-0.05, 0) is 35.4 Å². The number of fused-ring (bicyclic) bond motifs is 1. The summed E-state index contributed by atoms with van der Waals surface area (Å²) in [4.78, 5) is 26.9. The van der Waals surface area contributed by atoms with Crippen LogP contribution in [0.3, 0.4) is 0 Å². The van der Waals surface area contributed by atoms with Crippen molar-refractivity contribution in [2.45, 2.75) is 35.4 Å². The summed E-state index contributed by atoms with van der Waals surface area (Å²) in [6, 6.07) is 4.78. The second kappa shape index (κ2) is 11.3. The van der Waals surface area contributed by atoms with Crippen molar-refractivity contribution in [1.29, 1.82) is 0 Å². The molecule has 0 radical (unpaired) electrons. The minimum absolute atomic E-state index is 0.0645. The molecule has 220 valence electrons. The van der Waals surface area contributed by atoms with Crippen LogP contribution in [0.1, 0.15) is 22.7 Å². The predicted octanol–water partition coefficient (Wildman–Crippen LogP) is 3.09. The fraction of sp³-hybridized carbons (Fsp3) is 0.417. The van der Waals surface area contributed by atoms with Gasteiger partial charge in [0.1, 0.15) is 12.6 Å². The minimum atomic E-state index is -6.08. The highest BCUT2D eigenvalue weighted by atomic mass is 32.2. The molecule has 1 aliphatic heterocycles. The van der Waals surface area contributed by atoms with Crippen molar-refractivity contribution in [3.05, 3.63) is 59.2 Å². The number of benzene rings is 2. The number of rotatable bonds is 9. The number of sulfone groups is 1. The number of halogens is 6. The number of anilines is 1. The van der Waals surface area contributed by atoms with Crippen molar-refractivity contribution in [3.8, 4) is 0 Å². The van der Waals surface area contributed by atoms with Crippen LogP contribution in [-0.4, -0.2) is 75.8 Å². The molecule has 1 heterocycles. The number of hydrogen-bond acceptors (Lipinski definition) is 7. The highest BCUT2D eigenvalue weighted by molar-refractivity contribution is 7.91. The molecule has 9 nitrogen and oxygen atoms in total. The molecule has 2 amide bonds. The Balaban J connectivity index is 1.93. The number of ether oxygens (including phenoxy) is 2. The lowest BCUT2D eigenvalue weighted by Crippen LogP contribution is -2.53. The summed E-state index contributed by atoms with van der Waals surface area (Å²) >= 11 is 0. The van der Waals surface area contributed by atoms with E-state index in [4.69, 9.17) is 9.47 Å². The fourth-order valence-corrected chi connectivity index (χ4v) is 5.37. The number of alkyl halides is 6. The third kappa shape index (κ3) is 5.94. The molecule has 2 N–H and O–H groups in total. The van der Waals surface area contributed by atoms with Crippen LogP contribution in [-0.2, 0) is 41.0 Å². The number of aliphatic hydroxyl groups is 1. The van der Waals surface area contributed by atoms with Crippen molar-refractivity contribution in [2.75, 3.05) is 38.5 Å². The maximum atomic E-state index is 13.2. The smallest absolute Gasteiger partial charge is 0.384 e. The largest absolute Gasteiger partial charge is 0.430 e. The Bertz CT molecular complexity index is 1350. The SMILES string of the molecule is COCCS(=O)(=O)c1ccc2c(c1)CN(C(=O)COC)C2C(=O)Nc1ccc(C(O)(C(F)(F)F)C(F)(F)F)cc1. The van der Waals surface area contributed by atoms with Crippen LogP contribution in [0.4, 0.5) is 32.0 Å². The fourth-order valence-electron chi connectivity index (χ4n) is 4.15. The summed E-state index contributed by atoms with van der Waals surface area (Å²) in [6.45, 7) is -0.670. The van der Waals surface area contributed by atoms with Gasteiger partial charge in [0.2, 0.25) is 5.91 Å². The van der Waals surface area contributed by atoms with E-state index in [0.717, 1.165) is 17.0 Å². The molecule has 16 heteroatoms. The molecular weight excluding hydrogens is 574 g/mol. The maximum absolute atomic E-state index is 13.2. The van der Waals surface area contributed by atoms with Crippen molar-refractivity contribution in [1.82, 2.24) is 4.90 Å². The van der Waals surface area contributed by atoms with E-state index in [1.807, 2.05) is 0 Å². The van der Waals surface area contributed by atoms with Gasteiger partial charge in [0.15, 0.2) is 9.84 Å². The monoisotopic (exact) mass is 598 g/mol. The quantitative estimate of drug-likeness (QED) is 0.426. The Morgan fingerprint density at radius 2 is 1.60 bits per heavy atom. The maximum Gasteiger partial charge on any atom is 0.430 e. The predicted molar refractivity (Wildman–Crippen MR) is 127 cm³/mol. The number of hydrogen-bond donors (Lipinski definition) is 2. The number of amides is 2. The zero-order valence-corrected chi connectivity index (χ0v) is 21.8. The number of methoxy groups -OCH3 is 2. The summed E-state index contributed by atoms with van der Waals surface area (Å²) in [6.07, 6.45) is -12.2. The third-order valence-electron chi connectivity index (χ3n) is 6.20. The molecule has 0 fully saturated rings. The first-order valence-corrected chi connectivity index (χ1v) is 13.0. The number of carbonyl (C=O) groups excluding carboxylic acids is 2. The number of nitrogens with one attached hydrogen (secondary N) is 1. The Morgan fingerprint density at radius 1 is 1.00 bits per heavy atom. The van der Waals surface area contributed by atoms with Gasteiger partial charge < -0.3 is 24.8 Å². The molecule has 0 aliphatic carbocycles. The van der Waals surface area contributed by atoms with Crippen LogP contribution >= 0.6 is 0 Å². The van der Waals surface area contributed by atoms with Crippen LogP contribution < -0.4 is 5.32 Å². The molecule has 0 aromatic heterocycles. The zero-order chi connectivity index (χ0) is 30.1. The topological polar surface area (TPSA) is 122 Å². The molecule has 1 atom stereocenters. The van der Waals surface area contributed by atoms with E-state index >= 15 is 0 Å². The molecule has 0 saturated carbocycles. The van der Waals surface area contributed by atoms with Gasteiger partial charge in [0, 0.05) is 32.0 Å². The first-order chi connectivity index (χ1) is 18.5. The molecule has 3 rings (SSSR count). The van der Waals surface area contributed by atoms with E-state index in [1.165, 1.54) is 32.4 Å². The molecule has 1 aliphatic rings. The van der Waals surface area contributed by atoms with Crippen molar-refractivity contribution in [2.24, 2.45) is 0 Å². The summed E-state index contributed by atoms with van der Waals surface area (Å²) in [5, 5.41) is 11.9. The number of nitrogens with zero attached hydrogens (tertiary/aromatic N) is 1. The van der Waals surface area contributed by atoms with Crippen LogP contribution in [0.5, 0.6) is 0 Å². The van der Waals surface area contributed by atoms with Crippen molar-refractivity contribution < 1.29 is 58.9 Å². The first-order valence-electron chi connectivity index (χ1n) is 11.4. The Kier molecular flexibility index (Phi) is 8.88. The molecule has 40 heavy (non-hydrogen) atoms. The Labute approximate surface area is 224 Å². The van der Waals surface area contributed by atoms with Gasteiger partial charge in [0.05, 0.1) is 17.3 Å². The summed E-state index contributed by atoms with van der Waals surface area (Å²) in [7, 11) is -1.18. The molecule has 0 spiro atoms. The van der Waals surface area contributed by atoms with Gasteiger partial charge in [-0.25, -0.2) is 8.42 Å². The van der Waals surface area contributed by atoms with Gasteiger partial charge in [-0.2, -0.15) is 26.3 Å². The Hall–Kier alpha value is -3.21. The van der Waals surface area contributed by atoms with E-state index in [2.05, 4.69) is 5.32 Å². The summed E-state index contributed by atoms with van der Waals surface area (Å²) < 4.78 is 114. The summed E-state index contributed by atoms with van der Waals surface area (Å²) in [5.41, 5.74) is -6.30. The van der Waals surface area contributed by atoms with Crippen LogP contribution in [0.25, 0.3) is 0 Å². The van der Waals surface area contributed by atoms with E-state index < -0.39 is 57.8 Å². The lowest BCUT2D eigenvalue weighted by atomic mass is 9.92.